The first-order valence-electron chi connectivity index (χ1n) is 6.04. The Morgan fingerprint density at radius 1 is 1.27 bits per heavy atom. The van der Waals surface area contributed by atoms with Gasteiger partial charge in [0.05, 0.1) is 16.5 Å². The van der Waals surface area contributed by atoms with Crippen molar-refractivity contribution < 1.29 is 21.6 Å². The topological polar surface area (TPSA) is 46.2 Å². The van der Waals surface area contributed by atoms with Gasteiger partial charge in [0.15, 0.2) is 0 Å². The van der Waals surface area contributed by atoms with Crippen LogP contribution in [0.25, 0.3) is 0 Å². The zero-order valence-corrected chi connectivity index (χ0v) is 13.6. The van der Waals surface area contributed by atoms with Gasteiger partial charge in [-0.15, -0.1) is 11.3 Å². The molecule has 2 rings (SSSR count). The van der Waals surface area contributed by atoms with Crippen LogP contribution in [-0.2, 0) is 16.2 Å². The first-order chi connectivity index (χ1) is 10.1. The number of thiophene rings is 1. The van der Waals surface area contributed by atoms with E-state index < -0.39 is 32.7 Å². The summed E-state index contributed by atoms with van der Waals surface area (Å²) >= 11 is 6.86. The molecule has 0 aliphatic rings. The summed E-state index contributed by atoms with van der Waals surface area (Å²) in [5.41, 5.74) is -1.29. The maximum absolute atomic E-state index is 13.0. The van der Waals surface area contributed by atoms with Gasteiger partial charge in [-0.2, -0.15) is 13.2 Å². The Bertz CT molecular complexity index is 758. The second-order valence-corrected chi connectivity index (χ2v) is 7.59. The predicted octanol–water partition coefficient (Wildman–Crippen LogP) is 4.46. The Hall–Kier alpha value is -1.09. The molecule has 1 aromatic heterocycles. The van der Waals surface area contributed by atoms with Gasteiger partial charge < -0.3 is 0 Å². The van der Waals surface area contributed by atoms with Gasteiger partial charge in [-0.05, 0) is 36.6 Å². The van der Waals surface area contributed by atoms with E-state index in [-0.39, 0.29) is 5.02 Å². The quantitative estimate of drug-likeness (QED) is 0.864. The molecule has 0 bridgehead atoms. The summed E-state index contributed by atoms with van der Waals surface area (Å²) in [6.07, 6.45) is -4.82. The molecule has 0 spiro atoms. The molecule has 0 saturated carbocycles. The third-order valence-corrected chi connectivity index (χ3v) is 5.73. The summed E-state index contributed by atoms with van der Waals surface area (Å²) in [6, 6.07) is 5.36. The Labute approximate surface area is 134 Å². The van der Waals surface area contributed by atoms with Crippen LogP contribution in [-0.4, -0.2) is 8.42 Å². The fraction of sp³-hybridized carbons (Fsp3) is 0.231. The van der Waals surface area contributed by atoms with Gasteiger partial charge in [0.25, 0.3) is 0 Å². The van der Waals surface area contributed by atoms with Crippen molar-refractivity contribution in [2.75, 3.05) is 0 Å². The van der Waals surface area contributed by atoms with Crippen molar-refractivity contribution in [3.05, 3.63) is 51.2 Å². The second-order valence-electron chi connectivity index (χ2n) is 4.50. The normalized spacial score (nSPS) is 14.0. The van der Waals surface area contributed by atoms with Gasteiger partial charge in [-0.3, -0.25) is 0 Å². The highest BCUT2D eigenvalue weighted by atomic mass is 35.5. The average molecular weight is 370 g/mol. The molecule has 120 valence electrons. The predicted molar refractivity (Wildman–Crippen MR) is 79.5 cm³/mol. The standard InChI is InChI=1S/C13H11ClF3NO2S2/c1-8(11-3-2-6-21-11)18-22(19,20)12-5-4-9(14)7-10(12)13(15,16)17/h2-8,18H,1H3/t8-/m0/s1. The van der Waals surface area contributed by atoms with Crippen LogP contribution in [0.5, 0.6) is 0 Å². The highest BCUT2D eigenvalue weighted by Gasteiger charge is 2.37. The van der Waals surface area contributed by atoms with Gasteiger partial charge in [0.2, 0.25) is 10.0 Å². The molecule has 0 fully saturated rings. The molecule has 0 radical (unpaired) electrons. The minimum Gasteiger partial charge on any atom is -0.207 e. The van der Waals surface area contributed by atoms with Crippen LogP contribution < -0.4 is 4.72 Å². The molecule has 3 nitrogen and oxygen atoms in total. The van der Waals surface area contributed by atoms with Crippen LogP contribution in [0.4, 0.5) is 13.2 Å². The Morgan fingerprint density at radius 3 is 2.50 bits per heavy atom. The maximum Gasteiger partial charge on any atom is 0.417 e. The van der Waals surface area contributed by atoms with Crippen molar-refractivity contribution in [2.45, 2.75) is 24.0 Å². The van der Waals surface area contributed by atoms with Gasteiger partial charge in [-0.1, -0.05) is 17.7 Å². The molecule has 1 heterocycles. The average Bonchev–Trinajstić information content (AvgIpc) is 2.90. The largest absolute Gasteiger partial charge is 0.417 e. The number of benzene rings is 1. The zero-order valence-electron chi connectivity index (χ0n) is 11.2. The maximum atomic E-state index is 13.0. The van der Waals surface area contributed by atoms with Crippen molar-refractivity contribution >= 4 is 33.0 Å². The van der Waals surface area contributed by atoms with Crippen LogP contribution in [0.3, 0.4) is 0 Å². The van der Waals surface area contributed by atoms with Gasteiger partial charge in [-0.25, -0.2) is 13.1 Å². The lowest BCUT2D eigenvalue weighted by Gasteiger charge is -2.17. The summed E-state index contributed by atoms with van der Waals surface area (Å²) in [6.45, 7) is 1.56. The Balaban J connectivity index is 2.42. The molecule has 9 heteroatoms. The molecule has 0 amide bonds. The molecule has 1 atom stereocenters. The zero-order chi connectivity index (χ0) is 16.5. The smallest absolute Gasteiger partial charge is 0.207 e. The number of halogens is 4. The Kier molecular flexibility index (Phi) is 4.86. The third kappa shape index (κ3) is 3.81. The fourth-order valence-corrected chi connectivity index (χ4v) is 4.26. The SMILES string of the molecule is C[C@H](NS(=O)(=O)c1ccc(Cl)cc1C(F)(F)F)c1cccs1. The minimum atomic E-state index is -4.82. The summed E-state index contributed by atoms with van der Waals surface area (Å²) in [7, 11) is -4.34. The van der Waals surface area contributed by atoms with Crippen molar-refractivity contribution in [1.29, 1.82) is 0 Å². The molecule has 1 aromatic carbocycles. The Morgan fingerprint density at radius 2 is 1.95 bits per heavy atom. The number of hydrogen-bond acceptors (Lipinski definition) is 3. The first kappa shape index (κ1) is 17.3. The van der Waals surface area contributed by atoms with Crippen molar-refractivity contribution in [2.24, 2.45) is 0 Å². The van der Waals surface area contributed by atoms with Crippen LogP contribution in [0.15, 0.2) is 40.6 Å². The van der Waals surface area contributed by atoms with E-state index in [0.717, 1.165) is 12.1 Å². The van der Waals surface area contributed by atoms with E-state index in [1.54, 1.807) is 24.4 Å². The molecule has 2 aromatic rings. The summed E-state index contributed by atoms with van der Waals surface area (Å²) < 4.78 is 65.8. The fourth-order valence-electron chi connectivity index (χ4n) is 1.85. The molecule has 22 heavy (non-hydrogen) atoms. The van der Waals surface area contributed by atoms with Crippen LogP contribution in [0, 0.1) is 0 Å². The van der Waals surface area contributed by atoms with Crippen molar-refractivity contribution in [1.82, 2.24) is 4.72 Å². The van der Waals surface area contributed by atoms with Crippen LogP contribution in [0.2, 0.25) is 5.02 Å². The lowest BCUT2D eigenvalue weighted by molar-refractivity contribution is -0.139. The third-order valence-electron chi connectivity index (χ3n) is 2.84. The van der Waals surface area contributed by atoms with E-state index in [4.69, 9.17) is 11.6 Å². The van der Waals surface area contributed by atoms with Crippen molar-refractivity contribution in [3.63, 3.8) is 0 Å². The number of sulfonamides is 1. The monoisotopic (exact) mass is 369 g/mol. The van der Waals surface area contributed by atoms with Crippen LogP contribution in [0.1, 0.15) is 23.4 Å². The van der Waals surface area contributed by atoms with E-state index in [1.165, 1.54) is 11.3 Å². The number of rotatable bonds is 4. The van der Waals surface area contributed by atoms with Gasteiger partial charge in [0.1, 0.15) is 0 Å². The lowest BCUT2D eigenvalue weighted by Crippen LogP contribution is -2.28. The molecular formula is C13H11ClF3NO2S2. The summed E-state index contributed by atoms with van der Waals surface area (Å²) in [5.74, 6) is 0. The minimum absolute atomic E-state index is 0.183. The molecular weight excluding hydrogens is 359 g/mol. The van der Waals surface area contributed by atoms with E-state index in [1.807, 2.05) is 0 Å². The highest BCUT2D eigenvalue weighted by Crippen LogP contribution is 2.36. The second kappa shape index (κ2) is 6.19. The lowest BCUT2D eigenvalue weighted by atomic mass is 10.2. The number of hydrogen-bond donors (Lipinski definition) is 1. The number of alkyl halides is 3. The molecule has 1 N–H and O–H groups in total. The molecule has 0 saturated heterocycles. The van der Waals surface area contributed by atoms with E-state index in [2.05, 4.69) is 4.72 Å². The summed E-state index contributed by atoms with van der Waals surface area (Å²) in [5, 5.41) is 1.57. The molecule has 0 aliphatic heterocycles. The first-order valence-corrected chi connectivity index (χ1v) is 8.78. The van der Waals surface area contributed by atoms with E-state index >= 15 is 0 Å². The highest BCUT2D eigenvalue weighted by molar-refractivity contribution is 7.89. The van der Waals surface area contributed by atoms with Crippen LogP contribution >= 0.6 is 22.9 Å². The van der Waals surface area contributed by atoms with Gasteiger partial charge in [0, 0.05) is 9.90 Å². The number of nitrogens with one attached hydrogen (secondary N) is 1. The molecule has 0 aliphatic carbocycles. The van der Waals surface area contributed by atoms with E-state index in [9.17, 15) is 21.6 Å². The molecule has 0 unspecified atom stereocenters. The van der Waals surface area contributed by atoms with Gasteiger partial charge >= 0.3 is 6.18 Å². The van der Waals surface area contributed by atoms with Crippen molar-refractivity contribution in [3.8, 4) is 0 Å². The summed E-state index contributed by atoms with van der Waals surface area (Å²) in [4.78, 5) is -0.140. The van der Waals surface area contributed by atoms with E-state index in [0.29, 0.717) is 10.9 Å².